The van der Waals surface area contributed by atoms with Gasteiger partial charge in [0.1, 0.15) is 5.82 Å². The minimum atomic E-state index is 0.150. The summed E-state index contributed by atoms with van der Waals surface area (Å²) in [6, 6.07) is 9.95. The van der Waals surface area contributed by atoms with Crippen molar-refractivity contribution in [2.24, 2.45) is 5.73 Å². The summed E-state index contributed by atoms with van der Waals surface area (Å²) in [6.45, 7) is 4.07. The molecular weight excluding hydrogens is 270 g/mol. The molecule has 0 radical (unpaired) electrons. The minimum Gasteiger partial charge on any atom is -0.327 e. The summed E-state index contributed by atoms with van der Waals surface area (Å²) in [4.78, 5) is 9.10. The van der Waals surface area contributed by atoms with E-state index in [4.69, 9.17) is 17.3 Å². The van der Waals surface area contributed by atoms with Gasteiger partial charge in [-0.3, -0.25) is 0 Å². The predicted octanol–water partition coefficient (Wildman–Crippen LogP) is 3.31. The molecular formula is C16H20ClN3. The SMILES string of the molecule is CCC(N)Cc1cc(C)nc(Cc2ccccc2Cl)n1. The van der Waals surface area contributed by atoms with Gasteiger partial charge in [-0.25, -0.2) is 9.97 Å². The molecule has 1 atom stereocenters. The normalized spacial score (nSPS) is 12.4. The fourth-order valence-electron chi connectivity index (χ4n) is 2.11. The lowest BCUT2D eigenvalue weighted by Crippen LogP contribution is -2.22. The van der Waals surface area contributed by atoms with Crippen molar-refractivity contribution >= 4 is 11.6 Å². The number of aromatic nitrogens is 2. The van der Waals surface area contributed by atoms with Crippen molar-refractivity contribution in [1.29, 1.82) is 0 Å². The molecule has 0 spiro atoms. The molecule has 0 aliphatic rings. The Bertz CT molecular complexity index is 584. The van der Waals surface area contributed by atoms with Crippen molar-refractivity contribution in [3.63, 3.8) is 0 Å². The summed E-state index contributed by atoms with van der Waals surface area (Å²) in [5.41, 5.74) is 9.03. The van der Waals surface area contributed by atoms with Crippen molar-refractivity contribution in [1.82, 2.24) is 9.97 Å². The topological polar surface area (TPSA) is 51.8 Å². The standard InChI is InChI=1S/C16H20ClN3/c1-3-13(18)10-14-8-11(2)19-16(20-14)9-12-6-4-5-7-15(12)17/h4-8,13H,3,9-10,18H2,1-2H3. The first-order valence-corrected chi connectivity index (χ1v) is 7.28. The Morgan fingerprint density at radius 1 is 1.25 bits per heavy atom. The van der Waals surface area contributed by atoms with E-state index in [1.54, 1.807) is 0 Å². The van der Waals surface area contributed by atoms with Gasteiger partial charge in [0.05, 0.1) is 0 Å². The van der Waals surface area contributed by atoms with Crippen LogP contribution in [0.5, 0.6) is 0 Å². The average Bonchev–Trinajstić information content (AvgIpc) is 2.40. The van der Waals surface area contributed by atoms with Crippen LogP contribution in [0.3, 0.4) is 0 Å². The zero-order valence-electron chi connectivity index (χ0n) is 11.9. The number of rotatable bonds is 5. The summed E-state index contributed by atoms with van der Waals surface area (Å²) in [5, 5.41) is 0.754. The van der Waals surface area contributed by atoms with Crippen LogP contribution in [0, 0.1) is 6.92 Å². The molecule has 3 nitrogen and oxygen atoms in total. The monoisotopic (exact) mass is 289 g/mol. The van der Waals surface area contributed by atoms with Gasteiger partial charge in [-0.2, -0.15) is 0 Å². The van der Waals surface area contributed by atoms with E-state index >= 15 is 0 Å². The van der Waals surface area contributed by atoms with E-state index in [1.807, 2.05) is 37.3 Å². The third kappa shape index (κ3) is 4.02. The number of aryl methyl sites for hydroxylation is 1. The molecule has 20 heavy (non-hydrogen) atoms. The summed E-state index contributed by atoms with van der Waals surface area (Å²) >= 11 is 6.18. The number of hydrogen-bond acceptors (Lipinski definition) is 3. The molecule has 106 valence electrons. The number of nitrogens with zero attached hydrogens (tertiary/aromatic N) is 2. The maximum atomic E-state index is 6.18. The predicted molar refractivity (Wildman–Crippen MR) is 83.0 cm³/mol. The van der Waals surface area contributed by atoms with Crippen LogP contribution in [-0.4, -0.2) is 16.0 Å². The Morgan fingerprint density at radius 3 is 2.70 bits per heavy atom. The van der Waals surface area contributed by atoms with Crippen LogP contribution < -0.4 is 5.73 Å². The molecule has 0 saturated carbocycles. The Hall–Kier alpha value is -1.45. The van der Waals surface area contributed by atoms with Crippen molar-refractivity contribution in [2.75, 3.05) is 0 Å². The van der Waals surface area contributed by atoms with Crippen molar-refractivity contribution in [2.45, 2.75) is 39.2 Å². The van der Waals surface area contributed by atoms with Gasteiger partial charge in [-0.05, 0) is 31.0 Å². The molecule has 0 aliphatic heterocycles. The highest BCUT2D eigenvalue weighted by molar-refractivity contribution is 6.31. The smallest absolute Gasteiger partial charge is 0.133 e. The molecule has 2 aromatic rings. The molecule has 1 heterocycles. The number of hydrogen-bond donors (Lipinski definition) is 1. The Morgan fingerprint density at radius 2 is 2.00 bits per heavy atom. The molecule has 0 saturated heterocycles. The summed E-state index contributed by atoms with van der Waals surface area (Å²) in [7, 11) is 0. The highest BCUT2D eigenvalue weighted by atomic mass is 35.5. The summed E-state index contributed by atoms with van der Waals surface area (Å²) < 4.78 is 0. The van der Waals surface area contributed by atoms with Gasteiger partial charge >= 0.3 is 0 Å². The quantitative estimate of drug-likeness (QED) is 0.919. The van der Waals surface area contributed by atoms with Gasteiger partial charge in [-0.1, -0.05) is 36.7 Å². The Balaban J connectivity index is 2.22. The van der Waals surface area contributed by atoms with Crippen LogP contribution >= 0.6 is 11.6 Å². The van der Waals surface area contributed by atoms with E-state index in [9.17, 15) is 0 Å². The third-order valence-electron chi connectivity index (χ3n) is 3.26. The first-order chi connectivity index (χ1) is 9.58. The molecule has 0 fully saturated rings. The second kappa shape index (κ2) is 6.82. The first-order valence-electron chi connectivity index (χ1n) is 6.91. The molecule has 4 heteroatoms. The molecule has 1 unspecified atom stereocenters. The van der Waals surface area contributed by atoms with Crippen molar-refractivity contribution in [3.05, 3.63) is 58.1 Å². The summed E-state index contributed by atoms with van der Waals surface area (Å²) in [5.74, 6) is 0.802. The van der Waals surface area contributed by atoms with Crippen molar-refractivity contribution in [3.8, 4) is 0 Å². The third-order valence-corrected chi connectivity index (χ3v) is 3.62. The van der Waals surface area contributed by atoms with Gasteiger partial charge in [0, 0.05) is 35.3 Å². The lowest BCUT2D eigenvalue weighted by Gasteiger charge is -2.10. The van der Waals surface area contributed by atoms with E-state index in [2.05, 4.69) is 16.9 Å². The second-order valence-corrected chi connectivity index (χ2v) is 5.46. The molecule has 0 bridgehead atoms. The van der Waals surface area contributed by atoms with Crippen LogP contribution in [0.1, 0.15) is 36.1 Å². The maximum absolute atomic E-state index is 6.18. The maximum Gasteiger partial charge on any atom is 0.133 e. The van der Waals surface area contributed by atoms with Crippen molar-refractivity contribution < 1.29 is 0 Å². The lowest BCUT2D eigenvalue weighted by molar-refractivity contribution is 0.632. The number of nitrogens with two attached hydrogens (primary N) is 1. The number of halogens is 1. The van der Waals surface area contributed by atoms with Crippen LogP contribution in [0.4, 0.5) is 0 Å². The Kier molecular flexibility index (Phi) is 5.10. The molecule has 2 N–H and O–H groups in total. The largest absolute Gasteiger partial charge is 0.327 e. The van der Waals surface area contributed by atoms with E-state index in [0.717, 1.165) is 40.6 Å². The molecule has 2 rings (SSSR count). The molecule has 0 amide bonds. The average molecular weight is 290 g/mol. The Labute approximate surface area is 125 Å². The van der Waals surface area contributed by atoms with Gasteiger partial charge in [0.2, 0.25) is 0 Å². The number of benzene rings is 1. The first kappa shape index (κ1) is 14.9. The fraction of sp³-hybridized carbons (Fsp3) is 0.375. The fourth-order valence-corrected chi connectivity index (χ4v) is 2.31. The zero-order chi connectivity index (χ0) is 14.5. The van der Waals surface area contributed by atoms with Crippen LogP contribution in [0.25, 0.3) is 0 Å². The highest BCUT2D eigenvalue weighted by Crippen LogP contribution is 2.18. The van der Waals surface area contributed by atoms with Crippen LogP contribution in [0.15, 0.2) is 30.3 Å². The van der Waals surface area contributed by atoms with E-state index in [0.29, 0.717) is 6.42 Å². The van der Waals surface area contributed by atoms with Gasteiger partial charge in [0.15, 0.2) is 0 Å². The van der Waals surface area contributed by atoms with Gasteiger partial charge in [0.25, 0.3) is 0 Å². The van der Waals surface area contributed by atoms with Gasteiger partial charge in [-0.15, -0.1) is 0 Å². The van der Waals surface area contributed by atoms with E-state index in [-0.39, 0.29) is 6.04 Å². The second-order valence-electron chi connectivity index (χ2n) is 5.06. The lowest BCUT2D eigenvalue weighted by atomic mass is 10.1. The molecule has 1 aromatic carbocycles. The molecule has 0 aliphatic carbocycles. The molecule has 1 aromatic heterocycles. The van der Waals surface area contributed by atoms with E-state index < -0.39 is 0 Å². The summed E-state index contributed by atoms with van der Waals surface area (Å²) in [6.07, 6.45) is 2.38. The minimum absolute atomic E-state index is 0.150. The zero-order valence-corrected chi connectivity index (χ0v) is 12.7. The highest BCUT2D eigenvalue weighted by Gasteiger charge is 2.08. The van der Waals surface area contributed by atoms with Gasteiger partial charge < -0.3 is 5.73 Å². The van der Waals surface area contributed by atoms with Crippen LogP contribution in [-0.2, 0) is 12.8 Å². The van der Waals surface area contributed by atoms with Crippen LogP contribution in [0.2, 0.25) is 5.02 Å². The van der Waals surface area contributed by atoms with E-state index in [1.165, 1.54) is 0 Å².